The number of rotatable bonds is 3. The lowest BCUT2D eigenvalue weighted by Crippen LogP contribution is -2.56. The third-order valence-electron chi connectivity index (χ3n) is 3.99. The first-order valence-corrected chi connectivity index (χ1v) is 5.11. The lowest BCUT2D eigenvalue weighted by atomic mass is 9.46. The van der Waals surface area contributed by atoms with Crippen molar-refractivity contribution in [2.24, 2.45) is 22.5 Å². The predicted octanol–water partition coefficient (Wildman–Crippen LogP) is 1.39. The molecule has 0 radical (unpaired) electrons. The van der Waals surface area contributed by atoms with Gasteiger partial charge in [0.2, 0.25) is 0 Å². The summed E-state index contributed by atoms with van der Waals surface area (Å²) in [6.45, 7) is 2.72. The highest BCUT2D eigenvalue weighted by Crippen LogP contribution is 2.65. The van der Waals surface area contributed by atoms with E-state index in [4.69, 9.17) is 10.8 Å². The molecule has 3 atom stereocenters. The van der Waals surface area contributed by atoms with E-state index in [1.54, 1.807) is 0 Å². The van der Waals surface area contributed by atoms with Gasteiger partial charge in [0.15, 0.2) is 0 Å². The van der Waals surface area contributed by atoms with Crippen LogP contribution in [-0.2, 0) is 4.79 Å². The molecular weight excluding hydrogens is 178 g/mol. The number of aliphatic carboxylic acids is 1. The number of allylic oxidation sites excluding steroid dienone is 2. The van der Waals surface area contributed by atoms with E-state index in [2.05, 4.69) is 19.1 Å². The van der Waals surface area contributed by atoms with Gasteiger partial charge in [0, 0.05) is 5.41 Å². The maximum atomic E-state index is 10.8. The highest BCUT2D eigenvalue weighted by Gasteiger charge is 2.60. The second-order valence-electron chi connectivity index (χ2n) is 5.08. The summed E-state index contributed by atoms with van der Waals surface area (Å²) in [7, 11) is 0. The van der Waals surface area contributed by atoms with Gasteiger partial charge in [-0.2, -0.15) is 0 Å². The number of carbonyl (C=O) groups is 1. The standard InChI is InChI=1S/C11H17NO2/c1-10-4-2-3-8(10)11(6-10,7-12)5-9(13)14/h2-3,8H,4-7,12H2,1H3,(H,13,14)/t8-,10-,11+/m0/s1. The molecule has 2 aliphatic carbocycles. The van der Waals surface area contributed by atoms with Gasteiger partial charge in [0.25, 0.3) is 0 Å². The molecule has 78 valence electrons. The summed E-state index contributed by atoms with van der Waals surface area (Å²) in [6.07, 6.45) is 6.59. The molecule has 2 rings (SSSR count). The average Bonchev–Trinajstić information content (AvgIpc) is 2.39. The molecule has 3 nitrogen and oxygen atoms in total. The second-order valence-corrected chi connectivity index (χ2v) is 5.08. The lowest BCUT2D eigenvalue weighted by Gasteiger charge is -2.58. The highest BCUT2D eigenvalue weighted by atomic mass is 16.4. The van der Waals surface area contributed by atoms with Crippen LogP contribution >= 0.6 is 0 Å². The Morgan fingerprint density at radius 1 is 1.71 bits per heavy atom. The molecule has 3 N–H and O–H groups in total. The summed E-state index contributed by atoms with van der Waals surface area (Å²) in [6, 6.07) is 0. The van der Waals surface area contributed by atoms with Gasteiger partial charge in [-0.05, 0) is 30.7 Å². The maximum Gasteiger partial charge on any atom is 0.303 e. The van der Waals surface area contributed by atoms with Crippen molar-refractivity contribution in [2.75, 3.05) is 6.54 Å². The molecule has 1 fully saturated rings. The minimum absolute atomic E-state index is 0.159. The fourth-order valence-electron chi connectivity index (χ4n) is 3.49. The highest BCUT2D eigenvalue weighted by molar-refractivity contribution is 5.68. The van der Waals surface area contributed by atoms with E-state index in [1.807, 2.05) is 0 Å². The van der Waals surface area contributed by atoms with Gasteiger partial charge in [-0.15, -0.1) is 0 Å². The molecule has 0 aromatic heterocycles. The minimum Gasteiger partial charge on any atom is -0.481 e. The summed E-state index contributed by atoms with van der Waals surface area (Å²) in [5.74, 6) is -0.339. The molecule has 0 aromatic rings. The Labute approximate surface area is 84.0 Å². The summed E-state index contributed by atoms with van der Waals surface area (Å²) >= 11 is 0. The lowest BCUT2D eigenvalue weighted by molar-refractivity contribution is -0.149. The van der Waals surface area contributed by atoms with Crippen LogP contribution < -0.4 is 5.73 Å². The largest absolute Gasteiger partial charge is 0.481 e. The van der Waals surface area contributed by atoms with Gasteiger partial charge in [-0.3, -0.25) is 4.79 Å². The molecule has 3 heteroatoms. The van der Waals surface area contributed by atoms with Crippen LogP contribution in [0.4, 0.5) is 0 Å². The van der Waals surface area contributed by atoms with Crippen LogP contribution in [0.2, 0.25) is 0 Å². The van der Waals surface area contributed by atoms with Gasteiger partial charge in [-0.1, -0.05) is 19.1 Å². The van der Waals surface area contributed by atoms with E-state index in [9.17, 15) is 4.79 Å². The smallest absolute Gasteiger partial charge is 0.303 e. The topological polar surface area (TPSA) is 63.3 Å². The Hall–Kier alpha value is -0.830. The molecule has 0 amide bonds. The Bertz CT molecular complexity index is 300. The summed E-state index contributed by atoms with van der Waals surface area (Å²) in [4.78, 5) is 10.8. The summed E-state index contributed by atoms with van der Waals surface area (Å²) in [5, 5.41) is 8.87. The molecular formula is C11H17NO2. The molecule has 0 heterocycles. The monoisotopic (exact) mass is 195 g/mol. The van der Waals surface area contributed by atoms with Gasteiger partial charge in [0.05, 0.1) is 6.42 Å². The van der Waals surface area contributed by atoms with E-state index < -0.39 is 5.97 Å². The van der Waals surface area contributed by atoms with Crippen LogP contribution in [0.3, 0.4) is 0 Å². The van der Waals surface area contributed by atoms with Crippen molar-refractivity contribution in [1.29, 1.82) is 0 Å². The zero-order valence-corrected chi connectivity index (χ0v) is 8.49. The molecule has 0 unspecified atom stereocenters. The Balaban J connectivity index is 2.17. The number of hydrogen-bond acceptors (Lipinski definition) is 2. The third-order valence-corrected chi connectivity index (χ3v) is 3.99. The van der Waals surface area contributed by atoms with Crippen molar-refractivity contribution < 1.29 is 9.90 Å². The number of fused-ring (bicyclic) bond motifs is 1. The molecule has 1 saturated carbocycles. The predicted molar refractivity (Wildman–Crippen MR) is 53.7 cm³/mol. The maximum absolute atomic E-state index is 10.8. The van der Waals surface area contributed by atoms with Gasteiger partial charge in [-0.25, -0.2) is 0 Å². The average molecular weight is 195 g/mol. The van der Waals surface area contributed by atoms with E-state index in [1.165, 1.54) is 0 Å². The summed E-state index contributed by atoms with van der Waals surface area (Å²) < 4.78 is 0. The second kappa shape index (κ2) is 2.83. The first-order chi connectivity index (χ1) is 6.52. The van der Waals surface area contributed by atoms with Crippen LogP contribution in [0.1, 0.15) is 26.2 Å². The molecule has 0 bridgehead atoms. The number of hydrogen-bond donors (Lipinski definition) is 2. The van der Waals surface area contributed by atoms with Crippen LogP contribution in [0, 0.1) is 16.7 Å². The van der Waals surface area contributed by atoms with Crippen molar-refractivity contribution in [3.63, 3.8) is 0 Å². The van der Waals surface area contributed by atoms with Crippen molar-refractivity contribution >= 4 is 5.97 Å². The molecule has 0 saturated heterocycles. The van der Waals surface area contributed by atoms with Crippen molar-refractivity contribution in [1.82, 2.24) is 0 Å². The van der Waals surface area contributed by atoms with E-state index in [-0.39, 0.29) is 11.8 Å². The van der Waals surface area contributed by atoms with Gasteiger partial charge < -0.3 is 10.8 Å². The van der Waals surface area contributed by atoms with Crippen LogP contribution in [0.25, 0.3) is 0 Å². The fourth-order valence-corrected chi connectivity index (χ4v) is 3.49. The SMILES string of the molecule is C[C@@]12CC=C[C@@H]1[C@](CN)(CC(=O)O)C2. The minimum atomic E-state index is -0.724. The molecule has 0 spiro atoms. The Kier molecular flexibility index (Phi) is 1.96. The zero-order valence-electron chi connectivity index (χ0n) is 8.49. The Morgan fingerprint density at radius 3 is 2.93 bits per heavy atom. The normalized spacial score (nSPS) is 44.6. The first kappa shape index (κ1) is 9.71. The van der Waals surface area contributed by atoms with E-state index >= 15 is 0 Å². The first-order valence-electron chi connectivity index (χ1n) is 5.11. The number of carboxylic acid groups (broad SMARTS) is 1. The third kappa shape index (κ3) is 1.12. The summed E-state index contributed by atoms with van der Waals surface area (Å²) in [5.41, 5.74) is 5.88. The van der Waals surface area contributed by atoms with Crippen LogP contribution in [0.5, 0.6) is 0 Å². The van der Waals surface area contributed by atoms with E-state index in [0.29, 0.717) is 17.9 Å². The van der Waals surface area contributed by atoms with Gasteiger partial charge in [0.1, 0.15) is 0 Å². The molecule has 2 aliphatic rings. The molecule has 14 heavy (non-hydrogen) atoms. The quantitative estimate of drug-likeness (QED) is 0.669. The van der Waals surface area contributed by atoms with Crippen molar-refractivity contribution in [3.05, 3.63) is 12.2 Å². The number of carboxylic acids is 1. The van der Waals surface area contributed by atoms with Crippen molar-refractivity contribution in [3.8, 4) is 0 Å². The van der Waals surface area contributed by atoms with Gasteiger partial charge >= 0.3 is 5.97 Å². The fraction of sp³-hybridized carbons (Fsp3) is 0.727. The van der Waals surface area contributed by atoms with E-state index in [0.717, 1.165) is 12.8 Å². The number of nitrogens with two attached hydrogens (primary N) is 1. The molecule has 0 aliphatic heterocycles. The van der Waals surface area contributed by atoms with Crippen LogP contribution in [-0.4, -0.2) is 17.6 Å². The zero-order chi connectivity index (χ0) is 10.4. The van der Waals surface area contributed by atoms with Crippen molar-refractivity contribution in [2.45, 2.75) is 26.2 Å². The van der Waals surface area contributed by atoms with Crippen LogP contribution in [0.15, 0.2) is 12.2 Å². The molecule has 0 aromatic carbocycles. The Morgan fingerprint density at radius 2 is 2.43 bits per heavy atom.